The Balaban J connectivity index is 3.34. The number of aromatic amines is 1. The van der Waals surface area contributed by atoms with Gasteiger partial charge >= 0.3 is 5.97 Å². The highest BCUT2D eigenvalue weighted by molar-refractivity contribution is 14.1. The maximum absolute atomic E-state index is 12.3. The van der Waals surface area contributed by atoms with Gasteiger partial charge in [-0.3, -0.25) is 4.79 Å². The molecule has 1 aromatic rings. The number of alkyl halides is 2. The van der Waals surface area contributed by atoms with Crippen molar-refractivity contribution in [2.45, 2.75) is 6.43 Å². The summed E-state index contributed by atoms with van der Waals surface area (Å²) in [5, 5.41) is 0. The molecule has 1 rings (SSSR count). The number of H-pyrrole nitrogens is 1. The first-order valence-electron chi connectivity index (χ1n) is 3.76. The Morgan fingerprint density at radius 2 is 2.20 bits per heavy atom. The van der Waals surface area contributed by atoms with Crippen LogP contribution >= 0.6 is 22.6 Å². The first-order valence-corrected chi connectivity index (χ1v) is 4.84. The number of hydrogen-bond acceptors (Lipinski definition) is 3. The van der Waals surface area contributed by atoms with Crippen molar-refractivity contribution in [3.63, 3.8) is 0 Å². The van der Waals surface area contributed by atoms with Crippen molar-refractivity contribution in [2.24, 2.45) is 0 Å². The molecule has 15 heavy (non-hydrogen) atoms. The summed E-state index contributed by atoms with van der Waals surface area (Å²) in [6.45, 7) is 0. The summed E-state index contributed by atoms with van der Waals surface area (Å²) in [5.74, 6) is -0.852. The Labute approximate surface area is 96.8 Å². The van der Waals surface area contributed by atoms with Gasteiger partial charge in [-0.1, -0.05) is 0 Å². The van der Waals surface area contributed by atoms with Crippen molar-refractivity contribution >= 4 is 28.6 Å². The number of esters is 1. The molecule has 0 bridgehead atoms. The molecular weight excluding hydrogens is 323 g/mol. The Morgan fingerprint density at radius 1 is 1.60 bits per heavy atom. The maximum atomic E-state index is 12.3. The minimum atomic E-state index is -2.78. The van der Waals surface area contributed by atoms with Crippen molar-refractivity contribution in [2.75, 3.05) is 7.11 Å². The topological polar surface area (TPSA) is 59.2 Å². The van der Waals surface area contributed by atoms with Crippen LogP contribution in [0.15, 0.2) is 11.0 Å². The standard InChI is InChI=1S/C8H6F2INO3/c1-15-8(14)3-2-12-5(7(9)10)4(11)6(3)13/h2,7H,1H3,(H,12,13). The van der Waals surface area contributed by atoms with Crippen LogP contribution in [0.4, 0.5) is 8.78 Å². The van der Waals surface area contributed by atoms with Gasteiger partial charge in [0.05, 0.1) is 16.4 Å². The molecule has 0 saturated carbocycles. The van der Waals surface area contributed by atoms with Crippen molar-refractivity contribution < 1.29 is 18.3 Å². The zero-order chi connectivity index (χ0) is 11.6. The van der Waals surface area contributed by atoms with Gasteiger partial charge in [0.2, 0.25) is 5.43 Å². The van der Waals surface area contributed by atoms with Gasteiger partial charge in [-0.05, 0) is 22.6 Å². The third-order valence-corrected chi connectivity index (χ3v) is 2.75. The van der Waals surface area contributed by atoms with E-state index in [1.807, 2.05) is 0 Å². The second kappa shape index (κ2) is 4.69. The summed E-state index contributed by atoms with van der Waals surface area (Å²) in [5.41, 5.74) is -1.53. The third kappa shape index (κ3) is 2.33. The van der Waals surface area contributed by atoms with Crippen LogP contribution in [-0.4, -0.2) is 18.1 Å². The van der Waals surface area contributed by atoms with Crippen LogP contribution in [0.5, 0.6) is 0 Å². The summed E-state index contributed by atoms with van der Waals surface area (Å²) < 4.78 is 28.8. The van der Waals surface area contributed by atoms with E-state index in [0.29, 0.717) is 0 Å². The minimum absolute atomic E-state index is 0.203. The summed E-state index contributed by atoms with van der Waals surface area (Å²) in [7, 11) is 1.11. The minimum Gasteiger partial charge on any atom is -0.465 e. The first kappa shape index (κ1) is 12.1. The van der Waals surface area contributed by atoms with Gasteiger partial charge in [0.1, 0.15) is 5.56 Å². The van der Waals surface area contributed by atoms with E-state index < -0.39 is 23.5 Å². The van der Waals surface area contributed by atoms with Gasteiger partial charge in [0, 0.05) is 6.20 Å². The van der Waals surface area contributed by atoms with Gasteiger partial charge in [0.15, 0.2) is 0 Å². The molecule has 0 fully saturated rings. The van der Waals surface area contributed by atoms with E-state index in [1.54, 1.807) is 0 Å². The van der Waals surface area contributed by atoms with Crippen LogP contribution in [0.25, 0.3) is 0 Å². The Bertz CT molecular complexity index is 444. The average molecular weight is 329 g/mol. The molecule has 0 aliphatic carbocycles. The lowest BCUT2D eigenvalue weighted by Crippen LogP contribution is -2.21. The van der Waals surface area contributed by atoms with E-state index in [-0.39, 0.29) is 9.13 Å². The van der Waals surface area contributed by atoms with Crippen LogP contribution in [0.3, 0.4) is 0 Å². The zero-order valence-electron chi connectivity index (χ0n) is 7.51. The highest BCUT2D eigenvalue weighted by Gasteiger charge is 2.19. The summed E-state index contributed by atoms with van der Waals surface area (Å²) in [6.07, 6.45) is -1.85. The molecule has 4 nitrogen and oxygen atoms in total. The van der Waals surface area contributed by atoms with Crippen LogP contribution in [0.1, 0.15) is 22.5 Å². The van der Waals surface area contributed by atoms with E-state index in [0.717, 1.165) is 13.3 Å². The van der Waals surface area contributed by atoms with E-state index in [2.05, 4.69) is 9.72 Å². The summed E-state index contributed by atoms with van der Waals surface area (Å²) in [6, 6.07) is 0. The van der Waals surface area contributed by atoms with E-state index >= 15 is 0 Å². The van der Waals surface area contributed by atoms with Crippen molar-refractivity contribution in [1.29, 1.82) is 0 Å². The first-order chi connectivity index (χ1) is 6.99. The number of rotatable bonds is 2. The molecule has 1 aromatic heterocycles. The number of carbonyl (C=O) groups excluding carboxylic acids is 1. The van der Waals surface area contributed by atoms with Crippen LogP contribution < -0.4 is 5.43 Å². The molecule has 1 N–H and O–H groups in total. The van der Waals surface area contributed by atoms with Crippen molar-refractivity contribution in [3.8, 4) is 0 Å². The smallest absolute Gasteiger partial charge is 0.343 e. The van der Waals surface area contributed by atoms with Gasteiger partial charge < -0.3 is 9.72 Å². The van der Waals surface area contributed by atoms with Gasteiger partial charge in [-0.25, -0.2) is 13.6 Å². The molecule has 0 atom stereocenters. The molecule has 1 heterocycles. The Hall–Kier alpha value is -0.990. The molecule has 7 heteroatoms. The third-order valence-electron chi connectivity index (χ3n) is 1.68. The van der Waals surface area contributed by atoms with E-state index in [4.69, 9.17) is 0 Å². The van der Waals surface area contributed by atoms with E-state index in [1.165, 1.54) is 22.6 Å². The monoisotopic (exact) mass is 329 g/mol. The molecule has 82 valence electrons. The molecule has 0 amide bonds. The van der Waals surface area contributed by atoms with Crippen LogP contribution in [-0.2, 0) is 4.74 Å². The number of aromatic nitrogens is 1. The molecule has 0 saturated heterocycles. The number of hydrogen-bond donors (Lipinski definition) is 1. The number of ether oxygens (including phenoxy) is 1. The molecule has 0 aromatic carbocycles. The lowest BCUT2D eigenvalue weighted by molar-refractivity contribution is 0.0598. The SMILES string of the molecule is COC(=O)c1c[nH]c(C(F)F)c(I)c1=O. The number of nitrogens with one attached hydrogen (secondary N) is 1. The molecule has 0 aliphatic rings. The number of carbonyl (C=O) groups is 1. The molecule has 0 radical (unpaired) electrons. The number of methoxy groups -OCH3 is 1. The molecular formula is C8H6F2INO3. The second-order valence-corrected chi connectivity index (χ2v) is 3.63. The Kier molecular flexibility index (Phi) is 3.77. The van der Waals surface area contributed by atoms with Crippen LogP contribution in [0, 0.1) is 3.57 Å². The fraction of sp³-hybridized carbons (Fsp3) is 0.250. The predicted molar refractivity (Wildman–Crippen MR) is 56.1 cm³/mol. The lowest BCUT2D eigenvalue weighted by Gasteiger charge is -2.04. The fourth-order valence-corrected chi connectivity index (χ4v) is 1.62. The highest BCUT2D eigenvalue weighted by Crippen LogP contribution is 2.19. The lowest BCUT2D eigenvalue weighted by atomic mass is 10.2. The van der Waals surface area contributed by atoms with E-state index in [9.17, 15) is 18.4 Å². The fourth-order valence-electron chi connectivity index (χ4n) is 0.940. The normalized spacial score (nSPS) is 10.5. The van der Waals surface area contributed by atoms with Crippen LogP contribution in [0.2, 0.25) is 0 Å². The second-order valence-electron chi connectivity index (χ2n) is 2.55. The number of halogens is 3. The highest BCUT2D eigenvalue weighted by atomic mass is 127. The summed E-state index contributed by atoms with van der Waals surface area (Å²) in [4.78, 5) is 24.7. The zero-order valence-corrected chi connectivity index (χ0v) is 9.67. The van der Waals surface area contributed by atoms with Gasteiger partial charge in [0.25, 0.3) is 6.43 Å². The van der Waals surface area contributed by atoms with Gasteiger partial charge in [-0.2, -0.15) is 0 Å². The van der Waals surface area contributed by atoms with Crippen molar-refractivity contribution in [1.82, 2.24) is 4.98 Å². The average Bonchev–Trinajstić information content (AvgIpc) is 2.20. The molecule has 0 spiro atoms. The quantitative estimate of drug-likeness (QED) is 0.664. The number of pyridine rings is 1. The predicted octanol–water partition coefficient (Wildman–Crippen LogP) is 1.70. The molecule has 0 aliphatic heterocycles. The largest absolute Gasteiger partial charge is 0.465 e. The van der Waals surface area contributed by atoms with Gasteiger partial charge in [-0.15, -0.1) is 0 Å². The van der Waals surface area contributed by atoms with Crippen molar-refractivity contribution in [3.05, 3.63) is 31.2 Å². The Morgan fingerprint density at radius 3 is 2.67 bits per heavy atom. The summed E-state index contributed by atoms with van der Waals surface area (Å²) >= 11 is 1.46. The molecule has 0 unspecified atom stereocenters. The maximum Gasteiger partial charge on any atom is 0.343 e.